The highest BCUT2D eigenvalue weighted by Crippen LogP contribution is 2.14. The van der Waals surface area contributed by atoms with Gasteiger partial charge in [0.05, 0.1) is 3.79 Å². The molecule has 72 valence electrons. The Labute approximate surface area is 95.5 Å². The maximum Gasteiger partial charge on any atom is 0.150 e. The van der Waals surface area contributed by atoms with Gasteiger partial charge in [-0.05, 0) is 27.4 Å². The Morgan fingerprint density at radius 2 is 1.79 bits per heavy atom. The lowest BCUT2D eigenvalue weighted by Crippen LogP contribution is -1.73. The van der Waals surface area contributed by atoms with Crippen LogP contribution >= 0.6 is 27.3 Å². The summed E-state index contributed by atoms with van der Waals surface area (Å²) in [5.74, 6) is 0. The number of hydrogen-bond donors (Lipinski definition) is 0. The van der Waals surface area contributed by atoms with E-state index in [0.29, 0.717) is 0 Å². The standard InChI is InChI=1S/C7H6O.C4H3BrS/c8-6-7-4-2-1-3-5-7;5-4-2-1-3-6-4/h1-6H;1-3H. The second-order valence-electron chi connectivity index (χ2n) is 2.45. The number of rotatable bonds is 1. The van der Waals surface area contributed by atoms with Crippen molar-refractivity contribution in [2.24, 2.45) is 0 Å². The molecule has 1 aromatic carbocycles. The van der Waals surface area contributed by atoms with Gasteiger partial charge in [-0.3, -0.25) is 4.79 Å². The molecule has 1 heterocycles. The summed E-state index contributed by atoms with van der Waals surface area (Å²) in [5, 5.41) is 2.03. The van der Waals surface area contributed by atoms with E-state index in [-0.39, 0.29) is 0 Å². The number of halogens is 1. The van der Waals surface area contributed by atoms with Crippen molar-refractivity contribution in [1.29, 1.82) is 0 Å². The van der Waals surface area contributed by atoms with Crippen LogP contribution in [0.3, 0.4) is 0 Å². The quantitative estimate of drug-likeness (QED) is 0.715. The highest BCUT2D eigenvalue weighted by Gasteiger charge is 1.80. The topological polar surface area (TPSA) is 17.1 Å². The van der Waals surface area contributed by atoms with Crippen LogP contribution in [-0.2, 0) is 0 Å². The van der Waals surface area contributed by atoms with Crippen LogP contribution in [0, 0.1) is 0 Å². The zero-order chi connectivity index (χ0) is 10.2. The Kier molecular flexibility index (Phi) is 5.19. The molecule has 0 atom stereocenters. The SMILES string of the molecule is Brc1cccs1.O=Cc1ccccc1. The predicted octanol–water partition coefficient (Wildman–Crippen LogP) is 4.01. The number of aldehydes is 1. The molecule has 14 heavy (non-hydrogen) atoms. The molecular formula is C11H9BrOS. The third-order valence-electron chi connectivity index (χ3n) is 1.42. The molecule has 0 amide bonds. The zero-order valence-electron chi connectivity index (χ0n) is 7.39. The molecule has 0 aliphatic rings. The van der Waals surface area contributed by atoms with Gasteiger partial charge < -0.3 is 0 Å². The van der Waals surface area contributed by atoms with E-state index in [4.69, 9.17) is 0 Å². The summed E-state index contributed by atoms with van der Waals surface area (Å²) in [4.78, 5) is 10.0. The number of thiophene rings is 1. The van der Waals surface area contributed by atoms with E-state index in [1.54, 1.807) is 23.5 Å². The van der Waals surface area contributed by atoms with Gasteiger partial charge in [-0.1, -0.05) is 36.4 Å². The van der Waals surface area contributed by atoms with E-state index in [0.717, 1.165) is 11.8 Å². The minimum Gasteiger partial charge on any atom is -0.298 e. The van der Waals surface area contributed by atoms with E-state index < -0.39 is 0 Å². The Morgan fingerprint density at radius 3 is 2.07 bits per heavy atom. The Balaban J connectivity index is 0.000000146. The van der Waals surface area contributed by atoms with Crippen LogP contribution in [0.2, 0.25) is 0 Å². The third-order valence-corrected chi connectivity index (χ3v) is 2.90. The van der Waals surface area contributed by atoms with Crippen LogP contribution in [0.5, 0.6) is 0 Å². The number of carbonyl (C=O) groups excluding carboxylic acids is 1. The van der Waals surface area contributed by atoms with Crippen molar-refractivity contribution in [2.45, 2.75) is 0 Å². The van der Waals surface area contributed by atoms with E-state index in [2.05, 4.69) is 15.9 Å². The van der Waals surface area contributed by atoms with Crippen molar-refractivity contribution in [3.8, 4) is 0 Å². The Morgan fingerprint density at radius 1 is 1.07 bits per heavy atom. The van der Waals surface area contributed by atoms with Gasteiger partial charge in [-0.2, -0.15) is 0 Å². The summed E-state index contributed by atoms with van der Waals surface area (Å²) >= 11 is 4.99. The normalized spacial score (nSPS) is 8.64. The molecule has 0 radical (unpaired) electrons. The van der Waals surface area contributed by atoms with Gasteiger partial charge in [0.25, 0.3) is 0 Å². The Bertz CT molecular complexity index is 356. The fraction of sp³-hybridized carbons (Fsp3) is 0. The molecule has 0 bridgehead atoms. The zero-order valence-corrected chi connectivity index (χ0v) is 9.79. The van der Waals surface area contributed by atoms with Crippen LogP contribution in [0.15, 0.2) is 51.6 Å². The molecule has 0 unspecified atom stereocenters. The molecule has 1 aromatic heterocycles. The lowest BCUT2D eigenvalue weighted by atomic mass is 10.2. The van der Waals surface area contributed by atoms with Gasteiger partial charge in [-0.15, -0.1) is 11.3 Å². The fourth-order valence-electron chi connectivity index (χ4n) is 0.790. The molecule has 0 saturated carbocycles. The summed E-state index contributed by atoms with van der Waals surface area (Å²) in [6.07, 6.45) is 0.833. The van der Waals surface area contributed by atoms with E-state index in [1.807, 2.05) is 35.7 Å². The number of carbonyl (C=O) groups is 1. The van der Waals surface area contributed by atoms with Crippen LogP contribution in [0.25, 0.3) is 0 Å². The molecule has 1 nitrogen and oxygen atoms in total. The highest BCUT2D eigenvalue weighted by molar-refractivity contribution is 9.11. The van der Waals surface area contributed by atoms with Crippen molar-refractivity contribution in [2.75, 3.05) is 0 Å². The fourth-order valence-corrected chi connectivity index (χ4v) is 1.71. The van der Waals surface area contributed by atoms with E-state index in [1.165, 1.54) is 3.79 Å². The van der Waals surface area contributed by atoms with Crippen LogP contribution in [0.4, 0.5) is 0 Å². The first-order chi connectivity index (χ1) is 6.83. The smallest absolute Gasteiger partial charge is 0.150 e. The number of benzene rings is 1. The molecule has 2 aromatic rings. The molecule has 0 aliphatic carbocycles. The third kappa shape index (κ3) is 4.35. The monoisotopic (exact) mass is 268 g/mol. The lowest BCUT2D eigenvalue weighted by Gasteiger charge is -1.81. The van der Waals surface area contributed by atoms with Crippen LogP contribution in [-0.4, -0.2) is 6.29 Å². The minimum atomic E-state index is 0.729. The molecule has 0 fully saturated rings. The number of hydrogen-bond acceptors (Lipinski definition) is 2. The molecule has 0 N–H and O–H groups in total. The first-order valence-corrected chi connectivity index (χ1v) is 5.69. The average Bonchev–Trinajstić information content (AvgIpc) is 2.71. The summed E-state index contributed by atoms with van der Waals surface area (Å²) in [6.45, 7) is 0. The first kappa shape index (κ1) is 11.1. The van der Waals surface area contributed by atoms with Gasteiger partial charge in [0, 0.05) is 5.56 Å². The van der Waals surface area contributed by atoms with Crippen LogP contribution in [0.1, 0.15) is 10.4 Å². The summed E-state index contributed by atoms with van der Waals surface area (Å²) in [6, 6.07) is 13.1. The van der Waals surface area contributed by atoms with Gasteiger partial charge in [0.15, 0.2) is 0 Å². The summed E-state index contributed by atoms with van der Waals surface area (Å²) < 4.78 is 1.20. The van der Waals surface area contributed by atoms with Crippen molar-refractivity contribution in [3.05, 3.63) is 57.2 Å². The second-order valence-corrected chi connectivity index (χ2v) is 4.77. The van der Waals surface area contributed by atoms with E-state index >= 15 is 0 Å². The molecule has 2 rings (SSSR count). The maximum atomic E-state index is 10.0. The largest absolute Gasteiger partial charge is 0.298 e. The average molecular weight is 269 g/mol. The minimum absolute atomic E-state index is 0.729. The van der Waals surface area contributed by atoms with Gasteiger partial charge in [0.2, 0.25) is 0 Å². The van der Waals surface area contributed by atoms with Gasteiger partial charge in [0.1, 0.15) is 6.29 Å². The summed E-state index contributed by atoms with van der Waals surface area (Å²) in [7, 11) is 0. The van der Waals surface area contributed by atoms with Crippen molar-refractivity contribution in [3.63, 3.8) is 0 Å². The van der Waals surface area contributed by atoms with Crippen LogP contribution < -0.4 is 0 Å². The molecule has 0 spiro atoms. The molecule has 0 saturated heterocycles. The molecule has 3 heteroatoms. The second kappa shape index (κ2) is 6.51. The molecular weight excluding hydrogens is 260 g/mol. The maximum absolute atomic E-state index is 10.0. The van der Waals surface area contributed by atoms with Crippen molar-refractivity contribution >= 4 is 33.6 Å². The van der Waals surface area contributed by atoms with Crippen molar-refractivity contribution in [1.82, 2.24) is 0 Å². The van der Waals surface area contributed by atoms with Crippen molar-refractivity contribution < 1.29 is 4.79 Å². The lowest BCUT2D eigenvalue weighted by molar-refractivity contribution is 0.112. The van der Waals surface area contributed by atoms with Gasteiger partial charge >= 0.3 is 0 Å². The Hall–Kier alpha value is -0.930. The first-order valence-electron chi connectivity index (χ1n) is 4.02. The van der Waals surface area contributed by atoms with E-state index in [9.17, 15) is 4.79 Å². The predicted molar refractivity (Wildman–Crippen MR) is 63.8 cm³/mol. The van der Waals surface area contributed by atoms with Gasteiger partial charge in [-0.25, -0.2) is 0 Å². The highest BCUT2D eigenvalue weighted by atomic mass is 79.9. The summed E-state index contributed by atoms with van der Waals surface area (Å²) in [5.41, 5.74) is 0.729. The molecule has 0 aliphatic heterocycles.